The lowest BCUT2D eigenvalue weighted by Gasteiger charge is -1.97. The second-order valence-corrected chi connectivity index (χ2v) is 5.85. The van der Waals surface area contributed by atoms with E-state index in [1.54, 1.807) is 42.5 Å². The number of carbonyl (C=O) groups excluding carboxylic acids is 1. The summed E-state index contributed by atoms with van der Waals surface area (Å²) in [7, 11) is 0. The van der Waals surface area contributed by atoms with Gasteiger partial charge in [-0.15, -0.1) is 0 Å². The molecule has 0 unspecified atom stereocenters. The highest BCUT2D eigenvalue weighted by Crippen LogP contribution is 2.18. The first-order valence-corrected chi connectivity index (χ1v) is 8.18. The zero-order valence-electron chi connectivity index (χ0n) is 13.8. The molecule has 0 fully saturated rings. The Morgan fingerprint density at radius 2 is 1.89 bits per heavy atom. The molecule has 1 N–H and O–H groups in total. The molecule has 1 amide bonds. The van der Waals surface area contributed by atoms with E-state index in [1.807, 2.05) is 0 Å². The van der Waals surface area contributed by atoms with Crippen molar-refractivity contribution in [3.05, 3.63) is 81.2 Å². The number of nitro benzene ring substituents is 1. The Balaban J connectivity index is 1.54. The number of nitro groups is 1. The molecule has 0 spiro atoms. The van der Waals surface area contributed by atoms with E-state index >= 15 is 0 Å². The van der Waals surface area contributed by atoms with Gasteiger partial charge in [-0.2, -0.15) is 4.98 Å². The van der Waals surface area contributed by atoms with Gasteiger partial charge in [0.25, 0.3) is 5.69 Å². The molecule has 9 heteroatoms. The fraction of sp³-hybridized carbons (Fsp3) is 0.0556. The molecule has 1 aromatic heterocycles. The summed E-state index contributed by atoms with van der Waals surface area (Å²) in [5, 5.41) is 17.7. The van der Waals surface area contributed by atoms with Crippen LogP contribution in [0.25, 0.3) is 17.5 Å². The lowest BCUT2D eigenvalue weighted by atomic mass is 10.2. The smallest absolute Gasteiger partial charge is 0.269 e. The molecule has 1 heterocycles. The highest BCUT2D eigenvalue weighted by Gasteiger charge is 2.09. The van der Waals surface area contributed by atoms with E-state index in [9.17, 15) is 14.9 Å². The van der Waals surface area contributed by atoms with Gasteiger partial charge in [0.1, 0.15) is 0 Å². The molecule has 3 aromatic rings. The number of nitrogens with one attached hydrogen (secondary N) is 1. The zero-order chi connectivity index (χ0) is 19.2. The number of hydrogen-bond donors (Lipinski definition) is 1. The zero-order valence-corrected chi connectivity index (χ0v) is 14.6. The molecule has 8 nitrogen and oxygen atoms in total. The van der Waals surface area contributed by atoms with Gasteiger partial charge >= 0.3 is 0 Å². The number of non-ortho nitro benzene ring substituents is 1. The summed E-state index contributed by atoms with van der Waals surface area (Å²) in [4.78, 5) is 26.2. The molecule has 0 aliphatic heterocycles. The number of nitrogens with zero attached hydrogens (tertiary/aromatic N) is 3. The Kier molecular flexibility index (Phi) is 5.58. The number of hydrogen-bond acceptors (Lipinski definition) is 6. The van der Waals surface area contributed by atoms with Crippen LogP contribution in [0.4, 0.5) is 5.69 Å². The first-order valence-electron chi connectivity index (χ1n) is 7.80. The summed E-state index contributed by atoms with van der Waals surface area (Å²) in [6, 6.07) is 12.8. The molecule has 0 radical (unpaired) electrons. The van der Waals surface area contributed by atoms with Crippen molar-refractivity contribution in [1.82, 2.24) is 15.5 Å². The topological polar surface area (TPSA) is 111 Å². The maximum atomic E-state index is 11.9. The van der Waals surface area contributed by atoms with Crippen LogP contribution in [0.15, 0.2) is 59.1 Å². The molecule has 136 valence electrons. The van der Waals surface area contributed by atoms with Crippen molar-refractivity contribution in [3.8, 4) is 11.4 Å². The minimum absolute atomic E-state index is 0.00973. The van der Waals surface area contributed by atoms with E-state index in [0.717, 1.165) is 5.56 Å². The standard InChI is InChI=1S/C18H13ClN4O4/c19-14-6-4-13(5-7-14)18-21-17(27-22-18)11-20-16(24)10-3-12-1-8-15(9-2-12)23(25)26/h1-10H,11H2,(H,20,24)/b10-3+. The fourth-order valence-corrected chi connectivity index (χ4v) is 2.27. The molecule has 0 bridgehead atoms. The lowest BCUT2D eigenvalue weighted by Crippen LogP contribution is -2.20. The van der Waals surface area contributed by atoms with E-state index < -0.39 is 4.92 Å². The SMILES string of the molecule is O=C(/C=C/c1ccc([N+](=O)[O-])cc1)NCc1nc(-c2ccc(Cl)cc2)no1. The van der Waals surface area contributed by atoms with Crippen molar-refractivity contribution in [3.63, 3.8) is 0 Å². The van der Waals surface area contributed by atoms with Crippen molar-refractivity contribution in [2.24, 2.45) is 0 Å². The molecule has 0 saturated carbocycles. The summed E-state index contributed by atoms with van der Waals surface area (Å²) in [5.74, 6) is 0.300. The molecule has 0 atom stereocenters. The van der Waals surface area contributed by atoms with Crippen LogP contribution in [0.2, 0.25) is 5.02 Å². The molecule has 2 aromatic carbocycles. The van der Waals surface area contributed by atoms with Gasteiger partial charge in [0.05, 0.1) is 11.5 Å². The van der Waals surface area contributed by atoms with Gasteiger partial charge in [0, 0.05) is 28.8 Å². The number of aromatic nitrogens is 2. The van der Waals surface area contributed by atoms with Gasteiger partial charge in [-0.1, -0.05) is 16.8 Å². The minimum atomic E-state index is -0.483. The van der Waals surface area contributed by atoms with Crippen molar-refractivity contribution >= 4 is 29.3 Å². The van der Waals surface area contributed by atoms with Crippen molar-refractivity contribution < 1.29 is 14.2 Å². The van der Waals surface area contributed by atoms with Gasteiger partial charge in [-0.25, -0.2) is 0 Å². The number of halogens is 1. The second kappa shape index (κ2) is 8.24. The van der Waals surface area contributed by atoms with Gasteiger partial charge in [-0.3, -0.25) is 14.9 Å². The first kappa shape index (κ1) is 18.3. The Morgan fingerprint density at radius 3 is 2.56 bits per heavy atom. The molecular formula is C18H13ClN4O4. The predicted molar refractivity (Wildman–Crippen MR) is 98.7 cm³/mol. The van der Waals surface area contributed by atoms with E-state index in [-0.39, 0.29) is 24.0 Å². The van der Waals surface area contributed by atoms with E-state index in [1.165, 1.54) is 18.2 Å². The van der Waals surface area contributed by atoms with Crippen LogP contribution in [0.3, 0.4) is 0 Å². The largest absolute Gasteiger partial charge is 0.343 e. The van der Waals surface area contributed by atoms with Crippen LogP contribution >= 0.6 is 11.6 Å². The summed E-state index contributed by atoms with van der Waals surface area (Å²) in [6.07, 6.45) is 2.86. The van der Waals surface area contributed by atoms with E-state index in [0.29, 0.717) is 16.4 Å². The summed E-state index contributed by atoms with van der Waals surface area (Å²) < 4.78 is 5.10. The number of amides is 1. The first-order chi connectivity index (χ1) is 13.0. The van der Waals surface area contributed by atoms with Crippen LogP contribution in [0.1, 0.15) is 11.5 Å². The third kappa shape index (κ3) is 4.99. The van der Waals surface area contributed by atoms with Crippen LogP contribution in [-0.2, 0) is 11.3 Å². The summed E-state index contributed by atoms with van der Waals surface area (Å²) in [5.41, 5.74) is 1.40. The normalized spacial score (nSPS) is 10.9. The lowest BCUT2D eigenvalue weighted by molar-refractivity contribution is -0.384. The van der Waals surface area contributed by atoms with Crippen LogP contribution in [0.5, 0.6) is 0 Å². The molecule has 0 saturated heterocycles. The predicted octanol–water partition coefficient (Wildman–Crippen LogP) is 3.63. The number of carbonyl (C=O) groups is 1. The van der Waals surface area contributed by atoms with Crippen LogP contribution in [-0.4, -0.2) is 21.0 Å². The summed E-state index contributed by atoms with van der Waals surface area (Å²) >= 11 is 5.84. The maximum Gasteiger partial charge on any atom is 0.269 e. The Morgan fingerprint density at radius 1 is 1.19 bits per heavy atom. The third-order valence-electron chi connectivity index (χ3n) is 3.52. The van der Waals surface area contributed by atoms with Crippen LogP contribution in [0, 0.1) is 10.1 Å². The summed E-state index contributed by atoms with van der Waals surface area (Å²) in [6.45, 7) is 0.0734. The van der Waals surface area contributed by atoms with Crippen molar-refractivity contribution in [1.29, 1.82) is 0 Å². The monoisotopic (exact) mass is 384 g/mol. The third-order valence-corrected chi connectivity index (χ3v) is 3.77. The highest BCUT2D eigenvalue weighted by molar-refractivity contribution is 6.30. The highest BCUT2D eigenvalue weighted by atomic mass is 35.5. The van der Waals surface area contributed by atoms with E-state index in [2.05, 4.69) is 15.5 Å². The van der Waals surface area contributed by atoms with Gasteiger partial charge in [0.15, 0.2) is 0 Å². The Bertz CT molecular complexity index is 981. The van der Waals surface area contributed by atoms with Crippen molar-refractivity contribution in [2.75, 3.05) is 0 Å². The Hall–Kier alpha value is -3.52. The maximum absolute atomic E-state index is 11.9. The Labute approximate surface area is 158 Å². The molecule has 0 aliphatic rings. The second-order valence-electron chi connectivity index (χ2n) is 5.42. The molecule has 3 rings (SSSR count). The van der Waals surface area contributed by atoms with Crippen molar-refractivity contribution in [2.45, 2.75) is 6.54 Å². The van der Waals surface area contributed by atoms with E-state index in [4.69, 9.17) is 16.1 Å². The van der Waals surface area contributed by atoms with Gasteiger partial charge in [-0.05, 0) is 48.0 Å². The average molecular weight is 385 g/mol. The molecular weight excluding hydrogens is 372 g/mol. The number of rotatable bonds is 6. The minimum Gasteiger partial charge on any atom is -0.343 e. The van der Waals surface area contributed by atoms with Gasteiger partial charge < -0.3 is 9.84 Å². The molecule has 27 heavy (non-hydrogen) atoms. The van der Waals surface area contributed by atoms with Crippen LogP contribution < -0.4 is 5.32 Å². The number of benzene rings is 2. The molecule has 0 aliphatic carbocycles. The quantitative estimate of drug-likeness (QED) is 0.394. The fourth-order valence-electron chi connectivity index (χ4n) is 2.14. The van der Waals surface area contributed by atoms with Gasteiger partial charge in [0.2, 0.25) is 17.6 Å². The average Bonchev–Trinajstić information content (AvgIpc) is 3.14.